The number of ether oxygens (including phenoxy) is 1. The standard InChI is InChI=1S/C6H6N4O2/c1-3-4(2)5(11)12-6-7-9-10-8-6/h3H,1-2H2,(H,7,8,9,10). The lowest BCUT2D eigenvalue weighted by Crippen LogP contribution is -2.09. The molecule has 0 fully saturated rings. The largest absolute Gasteiger partial charge is 0.385 e. The Bertz CT molecular complexity index is 303. The van der Waals surface area contributed by atoms with E-state index in [0.29, 0.717) is 0 Å². The third kappa shape index (κ3) is 1.75. The minimum Gasteiger partial charge on any atom is -0.385 e. The van der Waals surface area contributed by atoms with Crippen molar-refractivity contribution in [2.24, 2.45) is 0 Å². The van der Waals surface area contributed by atoms with Crippen molar-refractivity contribution in [3.05, 3.63) is 24.8 Å². The highest BCUT2D eigenvalue weighted by molar-refractivity contribution is 5.91. The first-order chi connectivity index (χ1) is 5.74. The third-order valence-electron chi connectivity index (χ3n) is 1.02. The number of hydrogen-bond donors (Lipinski definition) is 1. The number of esters is 1. The Kier molecular flexibility index (Phi) is 2.32. The second-order valence-electron chi connectivity index (χ2n) is 1.81. The zero-order valence-electron chi connectivity index (χ0n) is 6.15. The molecule has 0 atom stereocenters. The minimum absolute atomic E-state index is 0.136. The van der Waals surface area contributed by atoms with Gasteiger partial charge in [0, 0.05) is 0 Å². The number of carbonyl (C=O) groups is 1. The second kappa shape index (κ2) is 3.42. The smallest absolute Gasteiger partial charge is 0.363 e. The van der Waals surface area contributed by atoms with E-state index in [4.69, 9.17) is 0 Å². The molecule has 12 heavy (non-hydrogen) atoms. The van der Waals surface area contributed by atoms with Gasteiger partial charge in [0.2, 0.25) is 0 Å². The van der Waals surface area contributed by atoms with Crippen LogP contribution in [-0.2, 0) is 4.79 Å². The molecular formula is C6H6N4O2. The highest BCUT2D eigenvalue weighted by Gasteiger charge is 2.08. The van der Waals surface area contributed by atoms with Crippen molar-refractivity contribution in [1.29, 1.82) is 0 Å². The first kappa shape index (κ1) is 8.12. The molecule has 0 radical (unpaired) electrons. The number of nitrogens with one attached hydrogen (secondary N) is 1. The van der Waals surface area contributed by atoms with Crippen molar-refractivity contribution in [2.75, 3.05) is 0 Å². The quantitative estimate of drug-likeness (QED) is 0.383. The van der Waals surface area contributed by atoms with E-state index in [1.807, 2.05) is 0 Å². The van der Waals surface area contributed by atoms with Crippen LogP contribution in [-0.4, -0.2) is 26.6 Å². The molecule has 0 aliphatic carbocycles. The first-order valence-corrected chi connectivity index (χ1v) is 3.01. The minimum atomic E-state index is -0.647. The predicted molar refractivity (Wildman–Crippen MR) is 39.1 cm³/mol. The van der Waals surface area contributed by atoms with Gasteiger partial charge in [-0.05, 0) is 5.21 Å². The Morgan fingerprint density at radius 1 is 1.67 bits per heavy atom. The van der Waals surface area contributed by atoms with Crippen molar-refractivity contribution >= 4 is 5.97 Å². The van der Waals surface area contributed by atoms with Crippen LogP contribution in [0.25, 0.3) is 0 Å². The maximum absolute atomic E-state index is 10.9. The molecule has 0 saturated carbocycles. The lowest BCUT2D eigenvalue weighted by molar-refractivity contribution is -0.130. The number of tetrazole rings is 1. The van der Waals surface area contributed by atoms with Crippen molar-refractivity contribution in [1.82, 2.24) is 20.6 Å². The van der Waals surface area contributed by atoms with Crippen molar-refractivity contribution in [3.8, 4) is 6.01 Å². The summed E-state index contributed by atoms with van der Waals surface area (Å²) < 4.78 is 4.58. The second-order valence-corrected chi connectivity index (χ2v) is 1.81. The van der Waals surface area contributed by atoms with E-state index < -0.39 is 5.97 Å². The van der Waals surface area contributed by atoms with Crippen LogP contribution in [0.1, 0.15) is 0 Å². The number of carbonyl (C=O) groups excluding carboxylic acids is 1. The van der Waals surface area contributed by atoms with E-state index in [-0.39, 0.29) is 11.6 Å². The molecule has 0 aliphatic rings. The molecule has 6 nitrogen and oxygen atoms in total. The van der Waals surface area contributed by atoms with Crippen LogP contribution in [0.4, 0.5) is 0 Å². The topological polar surface area (TPSA) is 80.8 Å². The van der Waals surface area contributed by atoms with Gasteiger partial charge in [0.1, 0.15) is 0 Å². The summed E-state index contributed by atoms with van der Waals surface area (Å²) in [6.07, 6.45) is 1.28. The predicted octanol–water partition coefficient (Wildman–Crippen LogP) is -0.153. The van der Waals surface area contributed by atoms with E-state index in [2.05, 4.69) is 38.5 Å². The summed E-state index contributed by atoms with van der Waals surface area (Å²) in [6.45, 7) is 6.72. The van der Waals surface area contributed by atoms with Gasteiger partial charge in [-0.15, -0.1) is 0 Å². The van der Waals surface area contributed by atoms with Crippen LogP contribution in [0.2, 0.25) is 0 Å². The molecule has 6 heteroatoms. The molecule has 0 amide bonds. The monoisotopic (exact) mass is 166 g/mol. The average Bonchev–Trinajstić information content (AvgIpc) is 2.55. The highest BCUT2D eigenvalue weighted by Crippen LogP contribution is 2.00. The fourth-order valence-electron chi connectivity index (χ4n) is 0.428. The zero-order chi connectivity index (χ0) is 8.97. The lowest BCUT2D eigenvalue weighted by atomic mass is 10.3. The van der Waals surface area contributed by atoms with E-state index in [1.165, 1.54) is 6.08 Å². The summed E-state index contributed by atoms with van der Waals surface area (Å²) in [5, 5.41) is 12.1. The van der Waals surface area contributed by atoms with Crippen molar-refractivity contribution in [3.63, 3.8) is 0 Å². The summed E-state index contributed by atoms with van der Waals surface area (Å²) in [5.74, 6) is -0.647. The van der Waals surface area contributed by atoms with Crippen LogP contribution in [0.5, 0.6) is 6.01 Å². The van der Waals surface area contributed by atoms with Crippen LogP contribution < -0.4 is 4.74 Å². The van der Waals surface area contributed by atoms with E-state index in [0.717, 1.165) is 0 Å². The summed E-state index contributed by atoms with van der Waals surface area (Å²) in [5.41, 5.74) is 0.139. The molecule has 0 aliphatic heterocycles. The molecular weight excluding hydrogens is 160 g/mol. The Morgan fingerprint density at radius 3 is 2.92 bits per heavy atom. The molecule has 1 aromatic heterocycles. The molecule has 1 rings (SSSR count). The molecule has 1 heterocycles. The summed E-state index contributed by atoms with van der Waals surface area (Å²) in [4.78, 5) is 10.9. The molecule has 0 bridgehead atoms. The molecule has 62 valence electrons. The average molecular weight is 166 g/mol. The molecule has 0 unspecified atom stereocenters. The van der Waals surface area contributed by atoms with Gasteiger partial charge in [-0.3, -0.25) is 0 Å². The van der Waals surface area contributed by atoms with Gasteiger partial charge in [0.25, 0.3) is 0 Å². The fourth-order valence-corrected chi connectivity index (χ4v) is 0.428. The third-order valence-corrected chi connectivity index (χ3v) is 1.02. The SMILES string of the molecule is C=CC(=C)C(=O)Oc1nn[nH]n1. The Labute approximate surface area is 67.9 Å². The van der Waals surface area contributed by atoms with Crippen molar-refractivity contribution in [2.45, 2.75) is 0 Å². The zero-order valence-corrected chi connectivity index (χ0v) is 6.15. The number of nitrogens with zero attached hydrogens (tertiary/aromatic N) is 3. The molecule has 0 saturated heterocycles. The molecule has 1 N–H and O–H groups in total. The van der Waals surface area contributed by atoms with Gasteiger partial charge in [0.05, 0.1) is 5.57 Å². The van der Waals surface area contributed by atoms with Crippen LogP contribution >= 0.6 is 0 Å². The normalized spacial score (nSPS) is 9.00. The number of H-pyrrole nitrogens is 1. The number of rotatable bonds is 3. The summed E-state index contributed by atoms with van der Waals surface area (Å²) in [7, 11) is 0. The van der Waals surface area contributed by atoms with Gasteiger partial charge >= 0.3 is 12.0 Å². The van der Waals surface area contributed by atoms with E-state index in [1.54, 1.807) is 0 Å². The van der Waals surface area contributed by atoms with E-state index >= 15 is 0 Å². The van der Waals surface area contributed by atoms with E-state index in [9.17, 15) is 4.79 Å². The molecule has 0 aromatic carbocycles. The molecule has 1 aromatic rings. The Balaban J connectivity index is 2.59. The Morgan fingerprint density at radius 2 is 2.42 bits per heavy atom. The highest BCUT2D eigenvalue weighted by atomic mass is 16.6. The first-order valence-electron chi connectivity index (χ1n) is 3.01. The number of aromatic nitrogens is 4. The molecule has 0 spiro atoms. The van der Waals surface area contributed by atoms with Crippen LogP contribution in [0.15, 0.2) is 24.8 Å². The van der Waals surface area contributed by atoms with Gasteiger partial charge in [0.15, 0.2) is 0 Å². The summed E-state index contributed by atoms with van der Waals surface area (Å²) >= 11 is 0. The summed E-state index contributed by atoms with van der Waals surface area (Å²) in [6, 6.07) is -0.136. The number of hydrogen-bond acceptors (Lipinski definition) is 5. The van der Waals surface area contributed by atoms with Gasteiger partial charge in [-0.25, -0.2) is 4.79 Å². The maximum Gasteiger partial charge on any atom is 0.363 e. The van der Waals surface area contributed by atoms with Crippen molar-refractivity contribution < 1.29 is 9.53 Å². The number of aromatic amines is 1. The lowest BCUT2D eigenvalue weighted by Gasteiger charge is -1.95. The van der Waals surface area contributed by atoms with Gasteiger partial charge in [-0.2, -0.15) is 5.21 Å². The van der Waals surface area contributed by atoms with Gasteiger partial charge in [-0.1, -0.05) is 29.4 Å². The fraction of sp³-hybridized carbons (Fsp3) is 0. The van der Waals surface area contributed by atoms with Gasteiger partial charge < -0.3 is 4.74 Å². The Hall–Kier alpha value is -1.98. The van der Waals surface area contributed by atoms with Crippen LogP contribution in [0, 0.1) is 0 Å². The van der Waals surface area contributed by atoms with Crippen LogP contribution in [0.3, 0.4) is 0 Å². The maximum atomic E-state index is 10.9.